The van der Waals surface area contributed by atoms with Crippen LogP contribution in [0, 0.1) is 5.92 Å². The molecule has 1 aliphatic heterocycles. The first-order valence-corrected chi connectivity index (χ1v) is 8.86. The quantitative estimate of drug-likeness (QED) is 0.828. The summed E-state index contributed by atoms with van der Waals surface area (Å²) < 4.78 is 0. The van der Waals surface area contributed by atoms with Crippen LogP contribution in [0.5, 0.6) is 0 Å². The molecule has 23 heavy (non-hydrogen) atoms. The number of amides is 3. The van der Waals surface area contributed by atoms with E-state index >= 15 is 0 Å². The van der Waals surface area contributed by atoms with Crippen molar-refractivity contribution in [3.8, 4) is 0 Å². The summed E-state index contributed by atoms with van der Waals surface area (Å²) in [5, 5.41) is 5.09. The SMILES string of the molecule is CN(C)C(CNC(=O)N1CCC(CC(N)=O)CC1)c1cccs1. The molecule has 1 aromatic heterocycles. The maximum atomic E-state index is 12.3. The summed E-state index contributed by atoms with van der Waals surface area (Å²) in [5.41, 5.74) is 5.24. The molecule has 1 unspecified atom stereocenters. The van der Waals surface area contributed by atoms with Crippen LogP contribution in [0.2, 0.25) is 0 Å². The van der Waals surface area contributed by atoms with E-state index in [0.29, 0.717) is 32.0 Å². The van der Waals surface area contributed by atoms with E-state index in [1.54, 1.807) is 11.3 Å². The van der Waals surface area contributed by atoms with Crippen LogP contribution in [0.25, 0.3) is 0 Å². The number of likely N-dealkylation sites (tertiary alicyclic amines) is 1. The Balaban J connectivity index is 1.79. The zero-order chi connectivity index (χ0) is 16.8. The molecule has 1 aromatic rings. The summed E-state index contributed by atoms with van der Waals surface area (Å²) in [6.07, 6.45) is 2.12. The summed E-state index contributed by atoms with van der Waals surface area (Å²) in [6, 6.07) is 4.29. The molecular formula is C16H26N4O2S. The minimum atomic E-state index is -0.252. The topological polar surface area (TPSA) is 78.7 Å². The molecule has 1 aliphatic rings. The smallest absolute Gasteiger partial charge is 0.317 e. The van der Waals surface area contributed by atoms with Crippen molar-refractivity contribution in [3.05, 3.63) is 22.4 Å². The van der Waals surface area contributed by atoms with Crippen LogP contribution >= 0.6 is 11.3 Å². The number of nitrogens with one attached hydrogen (secondary N) is 1. The van der Waals surface area contributed by atoms with Gasteiger partial charge in [0.05, 0.1) is 6.04 Å². The van der Waals surface area contributed by atoms with E-state index in [1.165, 1.54) is 4.88 Å². The molecule has 0 aliphatic carbocycles. The molecule has 1 saturated heterocycles. The molecule has 128 valence electrons. The largest absolute Gasteiger partial charge is 0.370 e. The van der Waals surface area contributed by atoms with Crippen LogP contribution in [0.3, 0.4) is 0 Å². The summed E-state index contributed by atoms with van der Waals surface area (Å²) >= 11 is 1.70. The van der Waals surface area contributed by atoms with Gasteiger partial charge >= 0.3 is 6.03 Å². The molecule has 2 heterocycles. The van der Waals surface area contributed by atoms with Crippen molar-refractivity contribution < 1.29 is 9.59 Å². The molecular weight excluding hydrogens is 312 g/mol. The van der Waals surface area contributed by atoms with E-state index in [2.05, 4.69) is 21.7 Å². The molecule has 1 fully saturated rings. The Morgan fingerprint density at radius 1 is 1.43 bits per heavy atom. The van der Waals surface area contributed by atoms with Gasteiger partial charge in [-0.1, -0.05) is 6.07 Å². The number of piperidine rings is 1. The number of carbonyl (C=O) groups is 2. The van der Waals surface area contributed by atoms with Crippen LogP contribution in [0.4, 0.5) is 4.79 Å². The molecule has 6 nitrogen and oxygen atoms in total. The number of thiophene rings is 1. The lowest BCUT2D eigenvalue weighted by Crippen LogP contribution is -2.46. The zero-order valence-corrected chi connectivity index (χ0v) is 14.6. The Bertz CT molecular complexity index is 510. The third kappa shape index (κ3) is 5.21. The Kier molecular flexibility index (Phi) is 6.41. The lowest BCUT2D eigenvalue weighted by atomic mass is 9.93. The first-order valence-electron chi connectivity index (χ1n) is 7.98. The monoisotopic (exact) mass is 338 g/mol. The van der Waals surface area contributed by atoms with Gasteiger partial charge in [-0.3, -0.25) is 4.79 Å². The fourth-order valence-corrected chi connectivity index (χ4v) is 3.86. The number of rotatable bonds is 6. The average molecular weight is 338 g/mol. The van der Waals surface area contributed by atoms with Crippen LogP contribution in [-0.4, -0.2) is 55.5 Å². The summed E-state index contributed by atoms with van der Waals surface area (Å²) in [7, 11) is 4.04. The second kappa shape index (κ2) is 8.31. The number of hydrogen-bond donors (Lipinski definition) is 2. The van der Waals surface area contributed by atoms with Crippen LogP contribution in [0.1, 0.15) is 30.2 Å². The Labute approximate surface area is 141 Å². The van der Waals surface area contributed by atoms with E-state index in [1.807, 2.05) is 25.1 Å². The van der Waals surface area contributed by atoms with Gasteiger partial charge in [0, 0.05) is 30.9 Å². The average Bonchev–Trinajstić information content (AvgIpc) is 3.01. The van der Waals surface area contributed by atoms with Crippen molar-refractivity contribution >= 4 is 23.3 Å². The first kappa shape index (κ1) is 17.7. The maximum Gasteiger partial charge on any atom is 0.317 e. The number of primary amides is 1. The number of carbonyl (C=O) groups excluding carboxylic acids is 2. The molecule has 3 N–H and O–H groups in total. The number of hydrogen-bond acceptors (Lipinski definition) is 4. The van der Waals surface area contributed by atoms with Crippen molar-refractivity contribution in [2.24, 2.45) is 11.7 Å². The summed E-state index contributed by atoms with van der Waals surface area (Å²) in [6.45, 7) is 1.97. The fraction of sp³-hybridized carbons (Fsp3) is 0.625. The highest BCUT2D eigenvalue weighted by atomic mass is 32.1. The standard InChI is InChI=1S/C16H26N4O2S/c1-19(2)13(14-4-3-9-23-14)11-18-16(22)20-7-5-12(6-8-20)10-15(17)21/h3-4,9,12-13H,5-8,10-11H2,1-2H3,(H2,17,21)(H,18,22). The Hall–Kier alpha value is -1.60. The lowest BCUT2D eigenvalue weighted by Gasteiger charge is -2.32. The van der Waals surface area contributed by atoms with Crippen molar-refractivity contribution in [3.63, 3.8) is 0 Å². The molecule has 1 atom stereocenters. The van der Waals surface area contributed by atoms with Crippen molar-refractivity contribution in [2.45, 2.75) is 25.3 Å². The van der Waals surface area contributed by atoms with Gasteiger partial charge in [-0.15, -0.1) is 11.3 Å². The van der Waals surface area contributed by atoms with E-state index in [0.717, 1.165) is 12.8 Å². The normalized spacial score (nSPS) is 17.3. The molecule has 0 aromatic carbocycles. The molecule has 0 saturated carbocycles. The lowest BCUT2D eigenvalue weighted by molar-refractivity contribution is -0.119. The van der Waals surface area contributed by atoms with Gasteiger partial charge in [-0.25, -0.2) is 4.79 Å². The van der Waals surface area contributed by atoms with Crippen LogP contribution in [-0.2, 0) is 4.79 Å². The van der Waals surface area contributed by atoms with Gasteiger partial charge in [0.1, 0.15) is 0 Å². The van der Waals surface area contributed by atoms with E-state index < -0.39 is 0 Å². The predicted octanol–water partition coefficient (Wildman–Crippen LogP) is 1.65. The van der Waals surface area contributed by atoms with Crippen molar-refractivity contribution in [1.29, 1.82) is 0 Å². The van der Waals surface area contributed by atoms with Gasteiger partial charge in [-0.05, 0) is 44.3 Å². The van der Waals surface area contributed by atoms with Gasteiger partial charge in [0.2, 0.25) is 5.91 Å². The maximum absolute atomic E-state index is 12.3. The molecule has 3 amide bonds. The molecule has 7 heteroatoms. The highest BCUT2D eigenvalue weighted by Gasteiger charge is 2.24. The Morgan fingerprint density at radius 3 is 2.65 bits per heavy atom. The number of nitrogens with two attached hydrogens (primary N) is 1. The van der Waals surface area contributed by atoms with E-state index in [-0.39, 0.29) is 18.0 Å². The number of nitrogens with zero attached hydrogens (tertiary/aromatic N) is 2. The van der Waals surface area contributed by atoms with Crippen LogP contribution < -0.4 is 11.1 Å². The molecule has 0 radical (unpaired) electrons. The Morgan fingerprint density at radius 2 is 2.13 bits per heavy atom. The van der Waals surface area contributed by atoms with Gasteiger partial charge in [-0.2, -0.15) is 0 Å². The van der Waals surface area contributed by atoms with Crippen molar-refractivity contribution in [2.75, 3.05) is 33.7 Å². The molecule has 2 rings (SSSR count). The van der Waals surface area contributed by atoms with E-state index in [4.69, 9.17) is 5.73 Å². The predicted molar refractivity (Wildman–Crippen MR) is 92.3 cm³/mol. The number of likely N-dealkylation sites (N-methyl/N-ethyl adjacent to an activating group) is 1. The molecule has 0 bridgehead atoms. The number of urea groups is 1. The minimum Gasteiger partial charge on any atom is -0.370 e. The van der Waals surface area contributed by atoms with Crippen molar-refractivity contribution in [1.82, 2.24) is 15.1 Å². The first-order chi connectivity index (χ1) is 11.0. The minimum absolute atomic E-state index is 0.0223. The third-order valence-corrected chi connectivity index (χ3v) is 5.31. The fourth-order valence-electron chi connectivity index (χ4n) is 2.94. The van der Waals surface area contributed by atoms with Crippen LogP contribution in [0.15, 0.2) is 17.5 Å². The highest BCUT2D eigenvalue weighted by molar-refractivity contribution is 7.10. The van der Waals surface area contributed by atoms with E-state index in [9.17, 15) is 9.59 Å². The molecule has 0 spiro atoms. The second-order valence-electron chi connectivity index (χ2n) is 6.28. The van der Waals surface area contributed by atoms with Gasteiger partial charge in [0.15, 0.2) is 0 Å². The van der Waals surface area contributed by atoms with Gasteiger partial charge < -0.3 is 20.9 Å². The third-order valence-electron chi connectivity index (χ3n) is 4.33. The summed E-state index contributed by atoms with van der Waals surface area (Å²) in [5.74, 6) is 0.0647. The highest BCUT2D eigenvalue weighted by Crippen LogP contribution is 2.23. The second-order valence-corrected chi connectivity index (χ2v) is 7.26. The summed E-state index contributed by atoms with van der Waals surface area (Å²) in [4.78, 5) is 28.5. The van der Waals surface area contributed by atoms with Gasteiger partial charge in [0.25, 0.3) is 0 Å². The zero-order valence-electron chi connectivity index (χ0n) is 13.8.